The first-order chi connectivity index (χ1) is 8.10. The van der Waals surface area contributed by atoms with Gasteiger partial charge in [0.1, 0.15) is 0 Å². The molecule has 4 aliphatic rings. The van der Waals surface area contributed by atoms with Gasteiger partial charge in [-0.15, -0.1) is 0 Å². The highest BCUT2D eigenvalue weighted by atomic mass is 16.3. The van der Waals surface area contributed by atoms with Gasteiger partial charge < -0.3 is 5.11 Å². The van der Waals surface area contributed by atoms with Gasteiger partial charge in [-0.3, -0.25) is 0 Å². The summed E-state index contributed by atoms with van der Waals surface area (Å²) in [4.78, 5) is 0. The molecule has 0 aromatic heterocycles. The molecule has 4 bridgehead atoms. The van der Waals surface area contributed by atoms with Crippen molar-refractivity contribution in [3.8, 4) is 0 Å². The van der Waals surface area contributed by atoms with E-state index in [1.54, 1.807) is 0 Å². The van der Waals surface area contributed by atoms with Crippen molar-refractivity contribution in [2.45, 2.75) is 71.3 Å². The summed E-state index contributed by atoms with van der Waals surface area (Å²) in [5.41, 5.74) is 0.553. The summed E-state index contributed by atoms with van der Waals surface area (Å²) in [5, 5.41) is 10.4. The van der Waals surface area contributed by atoms with Gasteiger partial charge in [0.25, 0.3) is 0 Å². The molecule has 4 fully saturated rings. The SMILES string of the molecule is CCC(C)C(O)CC12CC3CC(CC(C3)C1)C2. The molecule has 0 aliphatic heterocycles. The van der Waals surface area contributed by atoms with Crippen molar-refractivity contribution < 1.29 is 5.11 Å². The third kappa shape index (κ3) is 2.16. The lowest BCUT2D eigenvalue weighted by Crippen LogP contribution is -2.47. The van der Waals surface area contributed by atoms with Crippen molar-refractivity contribution in [2.75, 3.05) is 0 Å². The minimum atomic E-state index is -0.0451. The molecule has 0 amide bonds. The van der Waals surface area contributed by atoms with Crippen LogP contribution in [0.3, 0.4) is 0 Å². The maximum Gasteiger partial charge on any atom is 0.0571 e. The molecule has 0 spiro atoms. The summed E-state index contributed by atoms with van der Waals surface area (Å²) in [5.74, 6) is 3.55. The van der Waals surface area contributed by atoms with Crippen LogP contribution >= 0.6 is 0 Å². The zero-order chi connectivity index (χ0) is 12.0. The molecule has 4 aliphatic carbocycles. The van der Waals surface area contributed by atoms with Crippen LogP contribution in [0.15, 0.2) is 0 Å². The van der Waals surface area contributed by atoms with E-state index in [2.05, 4.69) is 13.8 Å². The maximum atomic E-state index is 10.4. The smallest absolute Gasteiger partial charge is 0.0571 e. The molecule has 0 aromatic rings. The van der Waals surface area contributed by atoms with E-state index in [0.29, 0.717) is 11.3 Å². The fraction of sp³-hybridized carbons (Fsp3) is 1.00. The Bertz CT molecular complexity index is 248. The van der Waals surface area contributed by atoms with E-state index in [1.165, 1.54) is 38.5 Å². The first-order valence-electron chi connectivity index (χ1n) is 7.78. The Morgan fingerprint density at radius 1 is 1.06 bits per heavy atom. The monoisotopic (exact) mass is 236 g/mol. The van der Waals surface area contributed by atoms with Gasteiger partial charge in [0.15, 0.2) is 0 Å². The number of hydrogen-bond acceptors (Lipinski definition) is 1. The quantitative estimate of drug-likeness (QED) is 0.782. The zero-order valence-corrected chi connectivity index (χ0v) is 11.5. The van der Waals surface area contributed by atoms with Gasteiger partial charge in [0.05, 0.1) is 6.10 Å². The van der Waals surface area contributed by atoms with Crippen molar-refractivity contribution in [1.29, 1.82) is 0 Å². The molecule has 4 rings (SSSR count). The second-order valence-corrected chi connectivity index (χ2v) is 7.57. The molecule has 98 valence electrons. The van der Waals surface area contributed by atoms with Crippen LogP contribution in [0.1, 0.15) is 65.2 Å². The summed E-state index contributed by atoms with van der Waals surface area (Å²) in [6.45, 7) is 4.42. The lowest BCUT2D eigenvalue weighted by atomic mass is 9.48. The Balaban J connectivity index is 1.69. The lowest BCUT2D eigenvalue weighted by molar-refractivity contribution is -0.0825. The van der Waals surface area contributed by atoms with Crippen molar-refractivity contribution in [1.82, 2.24) is 0 Å². The minimum Gasteiger partial charge on any atom is -0.393 e. The van der Waals surface area contributed by atoms with Gasteiger partial charge in [-0.2, -0.15) is 0 Å². The third-order valence-corrected chi connectivity index (χ3v) is 6.11. The molecular formula is C16H28O. The van der Waals surface area contributed by atoms with Crippen LogP contribution in [0.2, 0.25) is 0 Å². The van der Waals surface area contributed by atoms with Gasteiger partial charge in [-0.1, -0.05) is 20.3 Å². The van der Waals surface area contributed by atoms with E-state index < -0.39 is 0 Å². The first-order valence-corrected chi connectivity index (χ1v) is 7.78. The van der Waals surface area contributed by atoms with Crippen LogP contribution in [0.25, 0.3) is 0 Å². The van der Waals surface area contributed by atoms with E-state index in [1.807, 2.05) is 0 Å². The van der Waals surface area contributed by atoms with Gasteiger partial charge in [-0.25, -0.2) is 0 Å². The largest absolute Gasteiger partial charge is 0.393 e. The van der Waals surface area contributed by atoms with Crippen molar-refractivity contribution in [3.63, 3.8) is 0 Å². The topological polar surface area (TPSA) is 20.2 Å². The van der Waals surface area contributed by atoms with Crippen LogP contribution < -0.4 is 0 Å². The van der Waals surface area contributed by atoms with Crippen molar-refractivity contribution in [2.24, 2.45) is 29.1 Å². The summed E-state index contributed by atoms with van der Waals surface area (Å²) in [6.07, 6.45) is 11.0. The highest BCUT2D eigenvalue weighted by Crippen LogP contribution is 2.61. The third-order valence-electron chi connectivity index (χ3n) is 6.11. The predicted molar refractivity (Wildman–Crippen MR) is 70.7 cm³/mol. The molecule has 1 N–H and O–H groups in total. The Morgan fingerprint density at radius 2 is 1.53 bits per heavy atom. The second-order valence-electron chi connectivity index (χ2n) is 7.57. The fourth-order valence-electron chi connectivity index (χ4n) is 5.46. The zero-order valence-electron chi connectivity index (χ0n) is 11.5. The molecule has 17 heavy (non-hydrogen) atoms. The van der Waals surface area contributed by atoms with E-state index in [-0.39, 0.29) is 6.10 Å². The first kappa shape index (κ1) is 12.0. The van der Waals surface area contributed by atoms with Crippen LogP contribution in [-0.2, 0) is 0 Å². The predicted octanol–water partition coefficient (Wildman–Crippen LogP) is 4.00. The highest BCUT2D eigenvalue weighted by molar-refractivity contribution is 5.02. The van der Waals surface area contributed by atoms with Gasteiger partial charge in [0.2, 0.25) is 0 Å². The molecule has 0 saturated heterocycles. The molecule has 1 nitrogen and oxygen atoms in total. The second kappa shape index (κ2) is 4.26. The maximum absolute atomic E-state index is 10.4. The molecule has 2 unspecified atom stereocenters. The van der Waals surface area contributed by atoms with E-state index in [4.69, 9.17) is 0 Å². The normalized spacial score (nSPS) is 47.1. The Morgan fingerprint density at radius 3 is 1.94 bits per heavy atom. The number of rotatable bonds is 4. The van der Waals surface area contributed by atoms with Gasteiger partial charge in [0, 0.05) is 0 Å². The standard InChI is InChI=1S/C16H28O/c1-3-11(2)15(17)10-16-7-12-4-13(8-16)6-14(5-12)9-16/h11-15,17H,3-10H2,1-2H3. The summed E-state index contributed by atoms with van der Waals surface area (Å²) < 4.78 is 0. The molecule has 0 aromatic carbocycles. The molecular weight excluding hydrogens is 208 g/mol. The van der Waals surface area contributed by atoms with E-state index >= 15 is 0 Å². The molecule has 2 atom stereocenters. The number of hydrogen-bond donors (Lipinski definition) is 1. The Hall–Kier alpha value is -0.0400. The average Bonchev–Trinajstić information content (AvgIpc) is 2.25. The van der Waals surface area contributed by atoms with Gasteiger partial charge in [-0.05, 0) is 74.0 Å². The fourth-order valence-corrected chi connectivity index (χ4v) is 5.46. The number of aliphatic hydroxyl groups is 1. The van der Waals surface area contributed by atoms with Crippen LogP contribution in [0.5, 0.6) is 0 Å². The minimum absolute atomic E-state index is 0.0451. The van der Waals surface area contributed by atoms with Crippen LogP contribution in [0, 0.1) is 29.1 Å². The number of aliphatic hydroxyl groups excluding tert-OH is 1. The summed E-state index contributed by atoms with van der Waals surface area (Å²) in [6, 6.07) is 0. The average molecular weight is 236 g/mol. The van der Waals surface area contributed by atoms with E-state index in [9.17, 15) is 5.11 Å². The lowest BCUT2D eigenvalue weighted by Gasteiger charge is -2.57. The highest BCUT2D eigenvalue weighted by Gasteiger charge is 2.51. The van der Waals surface area contributed by atoms with Crippen molar-refractivity contribution >= 4 is 0 Å². The van der Waals surface area contributed by atoms with Crippen molar-refractivity contribution in [3.05, 3.63) is 0 Å². The summed E-state index contributed by atoms with van der Waals surface area (Å²) >= 11 is 0. The summed E-state index contributed by atoms with van der Waals surface area (Å²) in [7, 11) is 0. The van der Waals surface area contributed by atoms with Crippen LogP contribution in [0.4, 0.5) is 0 Å². The van der Waals surface area contributed by atoms with E-state index in [0.717, 1.165) is 30.6 Å². The van der Waals surface area contributed by atoms with Crippen LogP contribution in [-0.4, -0.2) is 11.2 Å². The molecule has 0 radical (unpaired) electrons. The molecule has 4 saturated carbocycles. The van der Waals surface area contributed by atoms with Gasteiger partial charge >= 0.3 is 0 Å². The molecule has 1 heteroatoms. The Kier molecular flexibility index (Phi) is 3.01. The molecule has 0 heterocycles. The Labute approximate surface area is 106 Å².